The molecule has 8 nitrogen and oxygen atoms in total. The van der Waals surface area contributed by atoms with Crippen molar-refractivity contribution >= 4 is 44.1 Å². The van der Waals surface area contributed by atoms with E-state index in [9.17, 15) is 13.2 Å². The van der Waals surface area contributed by atoms with Crippen LogP contribution >= 0.6 is 11.6 Å². The second kappa shape index (κ2) is 10.6. The van der Waals surface area contributed by atoms with Gasteiger partial charge in [0.2, 0.25) is 15.9 Å². The molecule has 1 aliphatic heterocycles. The van der Waals surface area contributed by atoms with Crippen LogP contribution in [0.5, 0.6) is 5.75 Å². The molecule has 10 heteroatoms. The number of aromatic nitrogens is 1. The first-order chi connectivity index (χ1) is 16.4. The number of ether oxygens (including phenoxy) is 1. The van der Waals surface area contributed by atoms with Gasteiger partial charge in [0.1, 0.15) is 5.75 Å². The van der Waals surface area contributed by atoms with E-state index in [0.717, 1.165) is 16.6 Å². The Kier molecular flexibility index (Phi) is 7.55. The highest BCUT2D eigenvalue weighted by Crippen LogP contribution is 2.26. The Bertz CT molecular complexity index is 1260. The van der Waals surface area contributed by atoms with Crippen LogP contribution in [0.1, 0.15) is 12.8 Å². The van der Waals surface area contributed by atoms with Gasteiger partial charge in [-0.05, 0) is 61.4 Å². The normalized spacial score (nSPS) is 15.2. The highest BCUT2D eigenvalue weighted by atomic mass is 35.5. The fraction of sp³-hybridized carbons (Fsp3) is 0.333. The van der Waals surface area contributed by atoms with Gasteiger partial charge in [0.25, 0.3) is 0 Å². The third-order valence-corrected chi connectivity index (χ3v) is 8.11. The highest BCUT2D eigenvalue weighted by Gasteiger charge is 2.32. The molecule has 1 fully saturated rings. The van der Waals surface area contributed by atoms with E-state index in [4.69, 9.17) is 16.3 Å². The largest absolute Gasteiger partial charge is 0.497 e. The predicted molar refractivity (Wildman–Crippen MR) is 133 cm³/mol. The zero-order valence-corrected chi connectivity index (χ0v) is 20.4. The average molecular weight is 503 g/mol. The molecule has 1 amide bonds. The summed E-state index contributed by atoms with van der Waals surface area (Å²) in [7, 11) is -2.05. The maximum absolute atomic E-state index is 12.9. The van der Waals surface area contributed by atoms with Gasteiger partial charge in [0, 0.05) is 54.4 Å². The summed E-state index contributed by atoms with van der Waals surface area (Å²) in [5.41, 5.74) is 1.73. The van der Waals surface area contributed by atoms with Gasteiger partial charge in [-0.2, -0.15) is 4.31 Å². The SMILES string of the molecule is COc1ccc(S(=O)(=O)N2CCC(C(=O)NCCNc3ccnc4cc(Cl)ccc34)CC2)cc1. The van der Waals surface area contributed by atoms with Gasteiger partial charge < -0.3 is 15.4 Å². The number of pyridine rings is 1. The molecule has 0 bridgehead atoms. The molecule has 2 aromatic carbocycles. The van der Waals surface area contributed by atoms with Crippen LogP contribution in [0.3, 0.4) is 0 Å². The molecule has 1 aliphatic rings. The Morgan fingerprint density at radius 3 is 2.56 bits per heavy atom. The third kappa shape index (κ3) is 5.43. The van der Waals surface area contributed by atoms with E-state index in [1.807, 2.05) is 24.3 Å². The number of carbonyl (C=O) groups excluding carboxylic acids is 1. The zero-order valence-electron chi connectivity index (χ0n) is 18.8. The van der Waals surface area contributed by atoms with Crippen molar-refractivity contribution in [2.24, 2.45) is 5.92 Å². The van der Waals surface area contributed by atoms with Crippen molar-refractivity contribution in [3.8, 4) is 5.75 Å². The summed E-state index contributed by atoms with van der Waals surface area (Å²) in [6.45, 7) is 1.64. The quantitative estimate of drug-likeness (QED) is 0.457. The summed E-state index contributed by atoms with van der Waals surface area (Å²) in [4.78, 5) is 17.2. The van der Waals surface area contributed by atoms with Crippen LogP contribution in [-0.2, 0) is 14.8 Å². The van der Waals surface area contributed by atoms with Gasteiger partial charge >= 0.3 is 0 Å². The van der Waals surface area contributed by atoms with Gasteiger partial charge in [-0.25, -0.2) is 8.42 Å². The molecule has 0 radical (unpaired) electrons. The summed E-state index contributed by atoms with van der Waals surface area (Å²) < 4.78 is 32.3. The summed E-state index contributed by atoms with van der Waals surface area (Å²) >= 11 is 6.03. The van der Waals surface area contributed by atoms with E-state index in [-0.39, 0.29) is 16.7 Å². The Balaban J connectivity index is 1.25. The highest BCUT2D eigenvalue weighted by molar-refractivity contribution is 7.89. The molecule has 2 N–H and O–H groups in total. The average Bonchev–Trinajstić information content (AvgIpc) is 2.86. The van der Waals surface area contributed by atoms with Crippen molar-refractivity contribution < 1.29 is 17.9 Å². The monoisotopic (exact) mass is 502 g/mol. The lowest BCUT2D eigenvalue weighted by Gasteiger charge is -2.30. The number of benzene rings is 2. The van der Waals surface area contributed by atoms with Crippen LogP contribution in [0, 0.1) is 5.92 Å². The molecule has 0 unspecified atom stereocenters. The first-order valence-electron chi connectivity index (χ1n) is 11.1. The number of halogens is 1. The third-order valence-electron chi connectivity index (χ3n) is 5.97. The van der Waals surface area contributed by atoms with E-state index in [1.54, 1.807) is 30.5 Å². The van der Waals surface area contributed by atoms with Crippen molar-refractivity contribution in [1.29, 1.82) is 0 Å². The van der Waals surface area contributed by atoms with Gasteiger partial charge in [-0.3, -0.25) is 9.78 Å². The van der Waals surface area contributed by atoms with Gasteiger partial charge in [0.05, 0.1) is 17.5 Å². The zero-order chi connectivity index (χ0) is 24.1. The van der Waals surface area contributed by atoms with E-state index < -0.39 is 10.0 Å². The molecule has 180 valence electrons. The number of carbonyl (C=O) groups is 1. The van der Waals surface area contributed by atoms with Crippen LogP contribution < -0.4 is 15.4 Å². The minimum atomic E-state index is -3.59. The molecule has 34 heavy (non-hydrogen) atoms. The molecule has 0 spiro atoms. The predicted octanol–water partition coefficient (Wildman–Crippen LogP) is 3.53. The van der Waals surface area contributed by atoms with Crippen molar-refractivity contribution in [2.45, 2.75) is 17.7 Å². The maximum atomic E-state index is 12.9. The number of nitrogens with one attached hydrogen (secondary N) is 2. The lowest BCUT2D eigenvalue weighted by atomic mass is 9.97. The van der Waals surface area contributed by atoms with Crippen LogP contribution in [0.2, 0.25) is 5.02 Å². The van der Waals surface area contributed by atoms with E-state index in [0.29, 0.717) is 49.8 Å². The Hall–Kier alpha value is -2.88. The van der Waals surface area contributed by atoms with Gasteiger partial charge in [-0.15, -0.1) is 0 Å². The van der Waals surface area contributed by atoms with Gasteiger partial charge in [-0.1, -0.05) is 11.6 Å². The van der Waals surface area contributed by atoms with Crippen LogP contribution in [0.4, 0.5) is 5.69 Å². The number of sulfonamides is 1. The van der Waals surface area contributed by atoms with E-state index in [2.05, 4.69) is 15.6 Å². The van der Waals surface area contributed by atoms with Gasteiger partial charge in [0.15, 0.2) is 0 Å². The molecule has 0 atom stereocenters. The number of hydrogen-bond donors (Lipinski definition) is 2. The molecule has 1 aromatic heterocycles. The summed E-state index contributed by atoms with van der Waals surface area (Å²) in [6.07, 6.45) is 2.70. The van der Waals surface area contributed by atoms with E-state index in [1.165, 1.54) is 11.4 Å². The fourth-order valence-corrected chi connectivity index (χ4v) is 5.69. The van der Waals surface area contributed by atoms with Crippen molar-refractivity contribution in [1.82, 2.24) is 14.6 Å². The Labute approximate surface area is 204 Å². The summed E-state index contributed by atoms with van der Waals surface area (Å²) in [5, 5.41) is 7.88. The van der Waals surface area contributed by atoms with Crippen molar-refractivity contribution in [2.75, 3.05) is 38.6 Å². The Morgan fingerprint density at radius 1 is 1.12 bits per heavy atom. The molecule has 0 aliphatic carbocycles. The molecule has 1 saturated heterocycles. The molecular weight excluding hydrogens is 476 g/mol. The second-order valence-corrected chi connectivity index (χ2v) is 10.5. The van der Waals surface area contributed by atoms with E-state index >= 15 is 0 Å². The smallest absolute Gasteiger partial charge is 0.243 e. The lowest BCUT2D eigenvalue weighted by molar-refractivity contribution is -0.126. The molecule has 4 rings (SSSR count). The number of piperidine rings is 1. The number of rotatable bonds is 8. The molecule has 0 saturated carbocycles. The minimum Gasteiger partial charge on any atom is -0.497 e. The van der Waals surface area contributed by atoms with Crippen molar-refractivity contribution in [3.05, 3.63) is 59.8 Å². The van der Waals surface area contributed by atoms with Crippen LogP contribution in [0.15, 0.2) is 59.6 Å². The Morgan fingerprint density at radius 2 is 1.85 bits per heavy atom. The summed E-state index contributed by atoms with van der Waals surface area (Å²) in [6, 6.07) is 13.8. The number of methoxy groups -OCH3 is 1. The molecule has 3 aromatic rings. The first-order valence-corrected chi connectivity index (χ1v) is 12.9. The molecule has 2 heterocycles. The first kappa shape index (κ1) is 24.3. The number of nitrogens with zero attached hydrogens (tertiary/aromatic N) is 2. The molecular formula is C24H27ClN4O4S. The standard InChI is InChI=1S/C24H27ClN4O4S/c1-33-19-3-5-20(6-4-19)34(31,32)29-14-9-17(10-15-29)24(30)28-13-12-27-22-8-11-26-23-16-18(25)2-7-21(22)23/h2-8,11,16-17H,9-10,12-15H2,1H3,(H,26,27)(H,28,30). The number of fused-ring (bicyclic) bond motifs is 1. The lowest BCUT2D eigenvalue weighted by Crippen LogP contribution is -2.43. The number of anilines is 1. The topological polar surface area (TPSA) is 101 Å². The maximum Gasteiger partial charge on any atom is 0.243 e. The number of hydrogen-bond acceptors (Lipinski definition) is 6. The second-order valence-electron chi connectivity index (χ2n) is 8.09. The van der Waals surface area contributed by atoms with Crippen molar-refractivity contribution in [3.63, 3.8) is 0 Å². The fourth-order valence-electron chi connectivity index (χ4n) is 4.06. The summed E-state index contributed by atoms with van der Waals surface area (Å²) in [5.74, 6) is 0.353. The number of amides is 1. The minimum absolute atomic E-state index is 0.0466. The van der Waals surface area contributed by atoms with Crippen LogP contribution in [0.25, 0.3) is 10.9 Å². The van der Waals surface area contributed by atoms with Crippen LogP contribution in [-0.4, -0.2) is 56.9 Å².